The van der Waals surface area contributed by atoms with Crippen molar-refractivity contribution in [3.63, 3.8) is 0 Å². The Morgan fingerprint density at radius 3 is 2.50 bits per heavy atom. The summed E-state index contributed by atoms with van der Waals surface area (Å²) in [6.45, 7) is 0. The van der Waals surface area contributed by atoms with Crippen LogP contribution in [0, 0.1) is 0 Å². The van der Waals surface area contributed by atoms with Crippen molar-refractivity contribution in [3.05, 3.63) is 57.5 Å². The van der Waals surface area contributed by atoms with Crippen LogP contribution in [0.1, 0.15) is 5.56 Å². The number of benzene rings is 2. The van der Waals surface area contributed by atoms with Gasteiger partial charge in [0.1, 0.15) is 16.5 Å². The lowest BCUT2D eigenvalue weighted by Crippen LogP contribution is -2.09. The molecule has 0 saturated heterocycles. The summed E-state index contributed by atoms with van der Waals surface area (Å²) in [5.74, 6) is 1.36. The average Bonchev–Trinajstić information content (AvgIpc) is 2.28. The molecule has 0 aromatic heterocycles. The van der Waals surface area contributed by atoms with Crippen LogP contribution in [0.3, 0.4) is 0 Å². The monoisotopic (exact) mass is 341 g/mol. The highest BCUT2D eigenvalue weighted by Crippen LogP contribution is 2.28. The lowest BCUT2D eigenvalue weighted by atomic mass is 10.2. The van der Waals surface area contributed by atoms with Gasteiger partial charge in [-0.15, -0.1) is 0 Å². The Balaban J connectivity index is 2.25. The van der Waals surface area contributed by atoms with Gasteiger partial charge in [-0.1, -0.05) is 45.8 Å². The molecule has 0 saturated carbocycles. The molecule has 2 nitrogen and oxygen atoms in total. The zero-order valence-corrected chi connectivity index (χ0v) is 12.3. The minimum atomic E-state index is 0.272. The Kier molecular flexibility index (Phi) is 4.22. The standard InChI is InChI=1S/C13H9BrClNOS/c14-8-2-1-3-9(6-8)17-10-4-5-11(13(16)18)12(15)7-10/h1-7H,(H2,16,18). The van der Waals surface area contributed by atoms with Crippen LogP contribution in [0.5, 0.6) is 11.5 Å². The van der Waals surface area contributed by atoms with Crippen molar-refractivity contribution in [1.29, 1.82) is 0 Å². The molecule has 0 amide bonds. The van der Waals surface area contributed by atoms with Gasteiger partial charge in [0.05, 0.1) is 5.02 Å². The first kappa shape index (κ1) is 13.3. The van der Waals surface area contributed by atoms with E-state index in [9.17, 15) is 0 Å². The molecule has 92 valence electrons. The molecule has 2 aromatic rings. The van der Waals surface area contributed by atoms with Gasteiger partial charge in [-0.25, -0.2) is 0 Å². The lowest BCUT2D eigenvalue weighted by Gasteiger charge is -2.08. The van der Waals surface area contributed by atoms with Crippen molar-refractivity contribution >= 4 is 44.7 Å². The molecule has 0 fully saturated rings. The van der Waals surface area contributed by atoms with Gasteiger partial charge >= 0.3 is 0 Å². The van der Waals surface area contributed by atoms with Gasteiger partial charge < -0.3 is 10.5 Å². The van der Waals surface area contributed by atoms with Crippen LogP contribution in [-0.4, -0.2) is 4.99 Å². The van der Waals surface area contributed by atoms with E-state index in [4.69, 9.17) is 34.3 Å². The highest BCUT2D eigenvalue weighted by atomic mass is 79.9. The van der Waals surface area contributed by atoms with Gasteiger partial charge in [-0.3, -0.25) is 0 Å². The van der Waals surface area contributed by atoms with Crippen molar-refractivity contribution in [3.8, 4) is 11.5 Å². The van der Waals surface area contributed by atoms with Crippen molar-refractivity contribution < 1.29 is 4.74 Å². The third-order valence-corrected chi connectivity index (χ3v) is 3.26. The summed E-state index contributed by atoms with van der Waals surface area (Å²) in [6.07, 6.45) is 0. The Bertz CT molecular complexity index is 603. The van der Waals surface area contributed by atoms with E-state index in [1.807, 2.05) is 24.3 Å². The summed E-state index contributed by atoms with van der Waals surface area (Å²) in [7, 11) is 0. The minimum absolute atomic E-state index is 0.272. The SMILES string of the molecule is NC(=S)c1ccc(Oc2cccc(Br)c2)cc1Cl. The lowest BCUT2D eigenvalue weighted by molar-refractivity contribution is 0.482. The average molecular weight is 343 g/mol. The second-order valence-corrected chi connectivity index (χ2v) is 5.33. The molecular formula is C13H9BrClNOS. The molecule has 0 heterocycles. The van der Waals surface area contributed by atoms with E-state index in [0.717, 1.165) is 10.2 Å². The van der Waals surface area contributed by atoms with E-state index in [1.54, 1.807) is 18.2 Å². The molecule has 0 unspecified atom stereocenters. The third kappa shape index (κ3) is 3.22. The van der Waals surface area contributed by atoms with Gasteiger partial charge in [-0.2, -0.15) is 0 Å². The zero-order valence-electron chi connectivity index (χ0n) is 9.19. The van der Waals surface area contributed by atoms with Crippen LogP contribution < -0.4 is 10.5 Å². The maximum absolute atomic E-state index is 6.07. The second kappa shape index (κ2) is 5.69. The number of halogens is 2. The quantitative estimate of drug-likeness (QED) is 0.832. The Hall–Kier alpha value is -1.10. The van der Waals surface area contributed by atoms with Crippen LogP contribution in [0.15, 0.2) is 46.9 Å². The predicted molar refractivity (Wildman–Crippen MR) is 81.6 cm³/mol. The summed E-state index contributed by atoms with van der Waals surface area (Å²) in [5, 5.41) is 0.481. The van der Waals surface area contributed by atoms with E-state index >= 15 is 0 Å². The van der Waals surface area contributed by atoms with Gasteiger partial charge in [0.15, 0.2) is 0 Å². The van der Waals surface area contributed by atoms with Crippen molar-refractivity contribution in [1.82, 2.24) is 0 Å². The van der Waals surface area contributed by atoms with Crippen LogP contribution in [-0.2, 0) is 0 Å². The van der Waals surface area contributed by atoms with Gasteiger partial charge in [0, 0.05) is 16.1 Å². The first-order valence-corrected chi connectivity index (χ1v) is 6.67. The Morgan fingerprint density at radius 2 is 1.89 bits per heavy atom. The van der Waals surface area contributed by atoms with Gasteiger partial charge in [-0.05, 0) is 30.3 Å². The highest BCUT2D eigenvalue weighted by Gasteiger charge is 2.05. The van der Waals surface area contributed by atoms with Crippen LogP contribution >= 0.6 is 39.7 Å². The molecule has 0 aliphatic rings. The van der Waals surface area contributed by atoms with Crippen molar-refractivity contribution in [2.75, 3.05) is 0 Å². The number of ether oxygens (including phenoxy) is 1. The number of hydrogen-bond donors (Lipinski definition) is 1. The Labute approximate surface area is 124 Å². The molecular weight excluding hydrogens is 334 g/mol. The van der Waals surface area contributed by atoms with Crippen LogP contribution in [0.4, 0.5) is 0 Å². The third-order valence-electron chi connectivity index (χ3n) is 2.24. The smallest absolute Gasteiger partial charge is 0.128 e. The molecule has 0 radical (unpaired) electrons. The maximum atomic E-state index is 6.07. The van der Waals surface area contributed by atoms with E-state index < -0.39 is 0 Å². The summed E-state index contributed by atoms with van der Waals surface area (Å²) in [4.78, 5) is 0.272. The fourth-order valence-corrected chi connectivity index (χ4v) is 2.31. The number of nitrogens with two attached hydrogens (primary N) is 1. The summed E-state index contributed by atoms with van der Waals surface area (Å²) in [5.41, 5.74) is 6.18. The second-order valence-electron chi connectivity index (χ2n) is 3.57. The van der Waals surface area contributed by atoms with Gasteiger partial charge in [0.2, 0.25) is 0 Å². The first-order valence-electron chi connectivity index (χ1n) is 5.09. The fraction of sp³-hybridized carbons (Fsp3) is 0. The number of rotatable bonds is 3. The largest absolute Gasteiger partial charge is 0.457 e. The van der Waals surface area contributed by atoms with Crippen LogP contribution in [0.25, 0.3) is 0 Å². The van der Waals surface area contributed by atoms with E-state index in [0.29, 0.717) is 16.3 Å². The Morgan fingerprint density at radius 1 is 1.17 bits per heavy atom. The normalized spacial score (nSPS) is 10.1. The molecule has 0 aliphatic carbocycles. The summed E-state index contributed by atoms with van der Waals surface area (Å²) in [6, 6.07) is 12.8. The molecule has 2 N–H and O–H groups in total. The van der Waals surface area contributed by atoms with Crippen molar-refractivity contribution in [2.45, 2.75) is 0 Å². The van der Waals surface area contributed by atoms with Crippen molar-refractivity contribution in [2.24, 2.45) is 5.73 Å². The first-order chi connectivity index (χ1) is 8.56. The molecule has 2 rings (SSSR count). The van der Waals surface area contributed by atoms with E-state index in [1.165, 1.54) is 0 Å². The minimum Gasteiger partial charge on any atom is -0.457 e. The molecule has 0 bridgehead atoms. The topological polar surface area (TPSA) is 35.2 Å². The zero-order chi connectivity index (χ0) is 13.1. The van der Waals surface area contributed by atoms with Crippen LogP contribution in [0.2, 0.25) is 5.02 Å². The molecule has 0 aliphatic heterocycles. The fourth-order valence-electron chi connectivity index (χ4n) is 1.43. The summed E-state index contributed by atoms with van der Waals surface area (Å²) >= 11 is 14.3. The number of thiocarbonyl (C=S) groups is 1. The summed E-state index contributed by atoms with van der Waals surface area (Å²) < 4.78 is 6.63. The molecule has 5 heteroatoms. The van der Waals surface area contributed by atoms with E-state index in [2.05, 4.69) is 15.9 Å². The highest BCUT2D eigenvalue weighted by molar-refractivity contribution is 9.10. The predicted octanol–water partition coefficient (Wildman–Crippen LogP) is 4.53. The molecule has 18 heavy (non-hydrogen) atoms. The molecule has 0 spiro atoms. The van der Waals surface area contributed by atoms with E-state index in [-0.39, 0.29) is 4.99 Å². The molecule has 2 aromatic carbocycles. The maximum Gasteiger partial charge on any atom is 0.128 e. The molecule has 0 atom stereocenters. The van der Waals surface area contributed by atoms with Gasteiger partial charge in [0.25, 0.3) is 0 Å². The number of hydrogen-bond acceptors (Lipinski definition) is 2.